The Kier molecular flexibility index (Phi) is 4.98. The fourth-order valence-corrected chi connectivity index (χ4v) is 4.63. The quantitative estimate of drug-likeness (QED) is 0.661. The molecule has 2 aromatic carbocycles. The number of nitriles is 1. The van der Waals surface area contributed by atoms with E-state index in [4.69, 9.17) is 10.7 Å². The first-order valence-corrected chi connectivity index (χ1v) is 11.1. The van der Waals surface area contributed by atoms with E-state index >= 15 is 0 Å². The number of aliphatic imine (C=N–C) groups is 1. The van der Waals surface area contributed by atoms with Crippen LogP contribution in [0.15, 0.2) is 71.9 Å². The van der Waals surface area contributed by atoms with Crippen molar-refractivity contribution in [3.63, 3.8) is 0 Å². The minimum Gasteiger partial charge on any atom is -0.369 e. The molecule has 2 aliphatic rings. The van der Waals surface area contributed by atoms with Crippen molar-refractivity contribution in [1.82, 2.24) is 9.88 Å². The summed E-state index contributed by atoms with van der Waals surface area (Å²) in [6, 6.07) is 21.8. The van der Waals surface area contributed by atoms with Crippen LogP contribution < -0.4 is 5.73 Å². The first kappa shape index (κ1) is 20.9. The number of guanidine groups is 1. The molecule has 1 saturated carbocycles. The van der Waals surface area contributed by atoms with Crippen LogP contribution in [0.1, 0.15) is 54.0 Å². The molecule has 0 spiro atoms. The van der Waals surface area contributed by atoms with E-state index in [1.54, 1.807) is 19.3 Å². The van der Waals surface area contributed by atoms with Gasteiger partial charge in [0.15, 0.2) is 5.96 Å². The van der Waals surface area contributed by atoms with E-state index in [2.05, 4.69) is 23.2 Å². The molecule has 1 aliphatic heterocycles. The monoisotopic (exact) mass is 435 g/mol. The Morgan fingerprint density at radius 1 is 1.06 bits per heavy atom. The third kappa shape index (κ3) is 3.66. The Labute approximate surface area is 193 Å². The molecule has 164 valence electrons. The minimum absolute atomic E-state index is 0.108. The second-order valence-corrected chi connectivity index (χ2v) is 9.01. The van der Waals surface area contributed by atoms with Crippen molar-refractivity contribution in [2.45, 2.75) is 37.1 Å². The van der Waals surface area contributed by atoms with Gasteiger partial charge in [-0.25, -0.2) is 4.99 Å². The van der Waals surface area contributed by atoms with Crippen LogP contribution in [-0.2, 0) is 10.3 Å². The lowest BCUT2D eigenvalue weighted by atomic mass is 9.76. The molecule has 3 aromatic rings. The van der Waals surface area contributed by atoms with Crippen LogP contribution in [0.4, 0.5) is 0 Å². The van der Waals surface area contributed by atoms with Crippen molar-refractivity contribution in [2.75, 3.05) is 7.05 Å². The summed E-state index contributed by atoms with van der Waals surface area (Å²) >= 11 is 0. The third-order valence-corrected chi connectivity index (χ3v) is 6.75. The van der Waals surface area contributed by atoms with Crippen molar-refractivity contribution < 1.29 is 4.79 Å². The van der Waals surface area contributed by atoms with E-state index in [0.717, 1.165) is 16.7 Å². The number of benzene rings is 2. The van der Waals surface area contributed by atoms with Gasteiger partial charge in [0.2, 0.25) is 5.91 Å². The maximum absolute atomic E-state index is 13.5. The topological polar surface area (TPSA) is 95.4 Å². The maximum Gasteiger partial charge on any atom is 0.239 e. The third-order valence-electron chi connectivity index (χ3n) is 6.75. The number of amides is 1. The molecule has 1 aromatic heterocycles. The normalized spacial score (nSPS) is 22.6. The summed E-state index contributed by atoms with van der Waals surface area (Å²) in [6.45, 7) is 1.92. The number of hydrogen-bond donors (Lipinski definition) is 1. The van der Waals surface area contributed by atoms with Crippen LogP contribution in [0.5, 0.6) is 0 Å². The van der Waals surface area contributed by atoms with Gasteiger partial charge < -0.3 is 5.73 Å². The van der Waals surface area contributed by atoms with Crippen LogP contribution in [0.25, 0.3) is 11.1 Å². The van der Waals surface area contributed by atoms with Crippen LogP contribution in [0, 0.1) is 11.3 Å². The first-order valence-electron chi connectivity index (χ1n) is 11.1. The average molecular weight is 436 g/mol. The maximum atomic E-state index is 13.5. The Morgan fingerprint density at radius 3 is 2.45 bits per heavy atom. The van der Waals surface area contributed by atoms with Gasteiger partial charge in [-0.15, -0.1) is 0 Å². The molecular weight excluding hydrogens is 410 g/mol. The summed E-state index contributed by atoms with van der Waals surface area (Å²) < 4.78 is 0. The van der Waals surface area contributed by atoms with Crippen molar-refractivity contribution >= 4 is 11.9 Å². The zero-order chi connectivity index (χ0) is 23.2. The van der Waals surface area contributed by atoms with Crippen molar-refractivity contribution in [3.05, 3.63) is 89.2 Å². The van der Waals surface area contributed by atoms with Crippen LogP contribution in [0.2, 0.25) is 0 Å². The number of pyridine rings is 1. The van der Waals surface area contributed by atoms with Gasteiger partial charge in [0.1, 0.15) is 5.54 Å². The lowest BCUT2D eigenvalue weighted by molar-refractivity contribution is -0.130. The second kappa shape index (κ2) is 7.86. The standard InChI is InChI=1S/C27H25N5O/c1-27(23-15-22(12-13-30-23)21-5-3-4-17(14-21)16-28)24(25(33)32(2)26(29)31-27)20-10-8-19(9-11-20)18-6-7-18/h3-5,8-15,18,24H,6-7H2,1-2H3,(H2,29,31)/t24-,27-/m1/s1. The Morgan fingerprint density at radius 2 is 1.76 bits per heavy atom. The highest BCUT2D eigenvalue weighted by atomic mass is 16.2. The van der Waals surface area contributed by atoms with E-state index in [9.17, 15) is 10.1 Å². The van der Waals surface area contributed by atoms with E-state index < -0.39 is 11.5 Å². The highest BCUT2D eigenvalue weighted by Crippen LogP contribution is 2.45. The summed E-state index contributed by atoms with van der Waals surface area (Å²) in [5, 5.41) is 9.27. The molecule has 33 heavy (non-hydrogen) atoms. The molecule has 0 saturated heterocycles. The summed E-state index contributed by atoms with van der Waals surface area (Å²) in [5.41, 5.74) is 10.5. The average Bonchev–Trinajstić information content (AvgIpc) is 3.69. The number of likely N-dealkylation sites (N-methyl/N-ethyl adjacent to an activating group) is 1. The molecule has 1 aliphatic carbocycles. The molecule has 0 bridgehead atoms. The van der Waals surface area contributed by atoms with Crippen molar-refractivity contribution in [1.29, 1.82) is 5.26 Å². The molecule has 1 amide bonds. The van der Waals surface area contributed by atoms with Gasteiger partial charge in [-0.05, 0) is 72.2 Å². The lowest BCUT2D eigenvalue weighted by Crippen LogP contribution is -2.52. The predicted octanol–water partition coefficient (Wildman–Crippen LogP) is 4.28. The molecule has 1 fully saturated rings. The van der Waals surface area contributed by atoms with Gasteiger partial charge in [-0.3, -0.25) is 14.7 Å². The Bertz CT molecular complexity index is 1300. The van der Waals surface area contributed by atoms with Gasteiger partial charge in [0.25, 0.3) is 0 Å². The van der Waals surface area contributed by atoms with Gasteiger partial charge in [-0.1, -0.05) is 36.4 Å². The van der Waals surface area contributed by atoms with Gasteiger partial charge in [0, 0.05) is 13.2 Å². The minimum atomic E-state index is -0.975. The first-order chi connectivity index (χ1) is 15.9. The van der Waals surface area contributed by atoms with Crippen molar-refractivity contribution in [2.24, 2.45) is 10.7 Å². The number of nitrogens with zero attached hydrogens (tertiary/aromatic N) is 4. The Hall–Kier alpha value is -3.98. The number of hydrogen-bond acceptors (Lipinski definition) is 5. The smallest absolute Gasteiger partial charge is 0.239 e. The van der Waals surface area contributed by atoms with Crippen molar-refractivity contribution in [3.8, 4) is 17.2 Å². The highest BCUT2D eigenvalue weighted by Gasteiger charge is 2.48. The van der Waals surface area contributed by atoms with Gasteiger partial charge in [0.05, 0.1) is 23.2 Å². The molecule has 6 nitrogen and oxygen atoms in total. The fraction of sp³-hybridized carbons (Fsp3) is 0.259. The highest BCUT2D eigenvalue weighted by molar-refractivity contribution is 6.02. The van der Waals surface area contributed by atoms with Crippen LogP contribution in [0.3, 0.4) is 0 Å². The summed E-state index contributed by atoms with van der Waals surface area (Å²) in [4.78, 5) is 24.3. The Balaban J connectivity index is 1.61. The number of aromatic nitrogens is 1. The number of carbonyl (C=O) groups is 1. The summed E-state index contributed by atoms with van der Waals surface area (Å²) in [7, 11) is 1.66. The largest absolute Gasteiger partial charge is 0.369 e. The van der Waals surface area contributed by atoms with E-state index in [-0.39, 0.29) is 11.9 Å². The second-order valence-electron chi connectivity index (χ2n) is 9.01. The van der Waals surface area contributed by atoms with E-state index in [1.807, 2.05) is 49.4 Å². The molecule has 0 unspecified atom stereocenters. The number of carbonyl (C=O) groups excluding carboxylic acids is 1. The summed E-state index contributed by atoms with van der Waals surface area (Å²) in [5.74, 6) is 0.150. The molecule has 5 rings (SSSR count). The molecule has 2 N–H and O–H groups in total. The van der Waals surface area contributed by atoms with Crippen LogP contribution in [-0.4, -0.2) is 28.8 Å². The zero-order valence-corrected chi connectivity index (χ0v) is 18.7. The molecule has 0 radical (unpaired) electrons. The number of rotatable bonds is 4. The molecule has 6 heteroatoms. The van der Waals surface area contributed by atoms with Crippen LogP contribution >= 0.6 is 0 Å². The predicted molar refractivity (Wildman–Crippen MR) is 127 cm³/mol. The molecular formula is C27H25N5O. The SMILES string of the molecule is CN1C(=O)[C@@H](c2ccc(C3CC3)cc2)[C@@](C)(c2cc(-c3cccc(C#N)c3)ccn2)N=C1N. The van der Waals surface area contributed by atoms with Gasteiger partial charge >= 0.3 is 0 Å². The fourth-order valence-electron chi connectivity index (χ4n) is 4.63. The van der Waals surface area contributed by atoms with Gasteiger partial charge in [-0.2, -0.15) is 5.26 Å². The zero-order valence-electron chi connectivity index (χ0n) is 18.7. The molecule has 2 heterocycles. The van der Waals surface area contributed by atoms with E-state index in [0.29, 0.717) is 17.2 Å². The lowest BCUT2D eigenvalue weighted by Gasteiger charge is -2.40. The number of nitrogens with two attached hydrogens (primary N) is 1. The van der Waals surface area contributed by atoms with E-state index in [1.165, 1.54) is 23.3 Å². The molecule has 2 atom stereocenters. The summed E-state index contributed by atoms with van der Waals surface area (Å²) in [6.07, 6.45) is 4.18.